The van der Waals surface area contributed by atoms with E-state index in [2.05, 4.69) is 11.4 Å². The first-order valence-electron chi connectivity index (χ1n) is 10.4. The minimum absolute atomic E-state index is 0.0672. The lowest BCUT2D eigenvalue weighted by molar-refractivity contribution is -0.145. The minimum Gasteiger partial charge on any atom is -0.369 e. The summed E-state index contributed by atoms with van der Waals surface area (Å²) in [6.45, 7) is 2.17. The summed E-state index contributed by atoms with van der Waals surface area (Å²) in [5.41, 5.74) is 7.36. The topological polar surface area (TPSA) is 99.2 Å². The molecular formula is C22H30N4O2. The predicted molar refractivity (Wildman–Crippen MR) is 107 cm³/mol. The van der Waals surface area contributed by atoms with Gasteiger partial charge in [0.15, 0.2) is 0 Å². The zero-order valence-corrected chi connectivity index (χ0v) is 16.4. The fraction of sp³-hybridized carbons (Fsp3) is 0.591. The van der Waals surface area contributed by atoms with E-state index < -0.39 is 11.8 Å². The molecular weight excluding hydrogens is 352 g/mol. The Bertz CT molecular complexity index is 730. The molecule has 0 spiro atoms. The molecule has 3 rings (SSSR count). The number of primary amides is 1. The van der Waals surface area contributed by atoms with Crippen LogP contribution in [0.4, 0.5) is 0 Å². The number of nitrogens with two attached hydrogens (primary N) is 1. The van der Waals surface area contributed by atoms with Crippen molar-refractivity contribution in [3.63, 3.8) is 0 Å². The maximum atomic E-state index is 13.5. The van der Waals surface area contributed by atoms with Gasteiger partial charge in [0, 0.05) is 19.1 Å². The number of carbonyl (C=O) groups excluding carboxylic acids is 2. The Morgan fingerprint density at radius 1 is 1.25 bits per heavy atom. The van der Waals surface area contributed by atoms with E-state index in [9.17, 15) is 9.59 Å². The summed E-state index contributed by atoms with van der Waals surface area (Å²) in [5.74, 6) is -1.24. The fourth-order valence-electron chi connectivity index (χ4n) is 4.63. The molecule has 1 aliphatic heterocycles. The molecule has 1 heterocycles. The van der Waals surface area contributed by atoms with Crippen molar-refractivity contribution < 1.29 is 9.59 Å². The first kappa shape index (κ1) is 20.3. The van der Waals surface area contributed by atoms with Gasteiger partial charge in [0.1, 0.15) is 5.92 Å². The average Bonchev–Trinajstić information content (AvgIpc) is 3.23. The van der Waals surface area contributed by atoms with E-state index in [4.69, 9.17) is 11.0 Å². The van der Waals surface area contributed by atoms with Crippen LogP contribution in [0.3, 0.4) is 0 Å². The first-order chi connectivity index (χ1) is 13.6. The van der Waals surface area contributed by atoms with Crippen LogP contribution in [0.5, 0.6) is 0 Å². The van der Waals surface area contributed by atoms with Crippen LogP contribution in [0.1, 0.15) is 49.7 Å². The van der Waals surface area contributed by atoms with Gasteiger partial charge in [-0.05, 0) is 55.8 Å². The van der Waals surface area contributed by atoms with Crippen LogP contribution in [-0.4, -0.2) is 42.4 Å². The van der Waals surface area contributed by atoms with E-state index in [1.165, 1.54) is 6.42 Å². The third-order valence-corrected chi connectivity index (χ3v) is 6.15. The van der Waals surface area contributed by atoms with Gasteiger partial charge in [-0.2, -0.15) is 5.26 Å². The quantitative estimate of drug-likeness (QED) is 0.704. The lowest BCUT2D eigenvalue weighted by Gasteiger charge is -2.35. The second-order valence-electron chi connectivity index (χ2n) is 8.02. The van der Waals surface area contributed by atoms with Crippen molar-refractivity contribution in [1.82, 2.24) is 10.2 Å². The average molecular weight is 383 g/mol. The Morgan fingerprint density at radius 3 is 2.68 bits per heavy atom. The Morgan fingerprint density at radius 2 is 2.04 bits per heavy atom. The Labute approximate surface area is 167 Å². The SMILES string of the molecule is N#Cc1cccc(CCN(C(=O)C(C(N)=O)C2CCCCC2)C2CCNC2)c1. The van der Waals surface area contributed by atoms with Crippen LogP contribution in [0.15, 0.2) is 24.3 Å². The van der Waals surface area contributed by atoms with Gasteiger partial charge in [0.25, 0.3) is 0 Å². The van der Waals surface area contributed by atoms with Crippen molar-refractivity contribution in [2.45, 2.75) is 51.0 Å². The summed E-state index contributed by atoms with van der Waals surface area (Å²) in [4.78, 5) is 27.6. The van der Waals surface area contributed by atoms with Gasteiger partial charge in [0.05, 0.1) is 11.6 Å². The molecule has 0 bridgehead atoms. The molecule has 2 unspecified atom stereocenters. The summed E-state index contributed by atoms with van der Waals surface area (Å²) >= 11 is 0. The lowest BCUT2D eigenvalue weighted by Crippen LogP contribution is -2.50. The zero-order valence-electron chi connectivity index (χ0n) is 16.4. The highest BCUT2D eigenvalue weighted by atomic mass is 16.2. The Kier molecular flexibility index (Phi) is 7.05. The van der Waals surface area contributed by atoms with Crippen molar-refractivity contribution in [2.24, 2.45) is 17.6 Å². The van der Waals surface area contributed by atoms with E-state index in [-0.39, 0.29) is 17.9 Å². The summed E-state index contributed by atoms with van der Waals surface area (Å²) < 4.78 is 0. The molecule has 1 aromatic rings. The molecule has 6 heteroatoms. The number of benzene rings is 1. The lowest BCUT2D eigenvalue weighted by atomic mass is 9.78. The maximum Gasteiger partial charge on any atom is 0.235 e. The molecule has 0 radical (unpaired) electrons. The van der Waals surface area contributed by atoms with E-state index in [1.54, 1.807) is 6.07 Å². The van der Waals surface area contributed by atoms with Crippen molar-refractivity contribution in [1.29, 1.82) is 5.26 Å². The smallest absolute Gasteiger partial charge is 0.235 e. The van der Waals surface area contributed by atoms with Crippen LogP contribution in [0, 0.1) is 23.2 Å². The van der Waals surface area contributed by atoms with E-state index in [0.717, 1.165) is 50.8 Å². The summed E-state index contributed by atoms with van der Waals surface area (Å²) in [6, 6.07) is 9.73. The van der Waals surface area contributed by atoms with Gasteiger partial charge in [0.2, 0.25) is 11.8 Å². The number of nitrogens with zero attached hydrogens (tertiary/aromatic N) is 2. The number of amides is 2. The molecule has 1 aliphatic carbocycles. The molecule has 1 aromatic carbocycles. The van der Waals surface area contributed by atoms with Crippen molar-refractivity contribution in [2.75, 3.05) is 19.6 Å². The number of nitriles is 1. The molecule has 2 fully saturated rings. The Hall–Kier alpha value is -2.39. The molecule has 28 heavy (non-hydrogen) atoms. The first-order valence-corrected chi connectivity index (χ1v) is 10.4. The molecule has 2 amide bonds. The molecule has 1 saturated heterocycles. The van der Waals surface area contributed by atoms with Crippen molar-refractivity contribution >= 4 is 11.8 Å². The summed E-state index contributed by atoms with van der Waals surface area (Å²) in [6.07, 6.45) is 6.65. The third kappa shape index (κ3) is 4.90. The normalized spacial score (nSPS) is 21.0. The maximum absolute atomic E-state index is 13.5. The third-order valence-electron chi connectivity index (χ3n) is 6.15. The van der Waals surface area contributed by atoms with Crippen LogP contribution >= 0.6 is 0 Å². The number of hydrogen-bond donors (Lipinski definition) is 2. The number of rotatable bonds is 7. The molecule has 6 nitrogen and oxygen atoms in total. The van der Waals surface area contributed by atoms with Gasteiger partial charge in [-0.25, -0.2) is 0 Å². The number of carbonyl (C=O) groups is 2. The number of nitrogens with one attached hydrogen (secondary N) is 1. The summed E-state index contributed by atoms with van der Waals surface area (Å²) in [7, 11) is 0. The standard InChI is InChI=1S/C22H30N4O2/c23-14-17-6-4-5-16(13-17)10-12-26(19-9-11-25-15-19)22(28)20(21(24)27)18-7-2-1-3-8-18/h4-6,13,18-20,25H,1-3,7-12,15H2,(H2,24,27). The molecule has 3 N–H and O–H groups in total. The van der Waals surface area contributed by atoms with Gasteiger partial charge in [-0.3, -0.25) is 9.59 Å². The van der Waals surface area contributed by atoms with Crippen LogP contribution in [0.25, 0.3) is 0 Å². The highest BCUT2D eigenvalue weighted by Crippen LogP contribution is 2.32. The molecule has 1 saturated carbocycles. The van der Waals surface area contributed by atoms with Crippen LogP contribution in [0.2, 0.25) is 0 Å². The molecule has 0 aromatic heterocycles. The number of hydrogen-bond acceptors (Lipinski definition) is 4. The van der Waals surface area contributed by atoms with E-state index in [1.807, 2.05) is 23.1 Å². The van der Waals surface area contributed by atoms with Gasteiger partial charge in [-0.1, -0.05) is 31.4 Å². The highest BCUT2D eigenvalue weighted by molar-refractivity contribution is 6.00. The van der Waals surface area contributed by atoms with Gasteiger partial charge < -0.3 is 16.0 Å². The van der Waals surface area contributed by atoms with Gasteiger partial charge in [-0.15, -0.1) is 0 Å². The minimum atomic E-state index is -0.716. The largest absolute Gasteiger partial charge is 0.369 e. The zero-order chi connectivity index (χ0) is 19.9. The molecule has 2 atom stereocenters. The van der Waals surface area contributed by atoms with Crippen LogP contribution < -0.4 is 11.1 Å². The fourth-order valence-corrected chi connectivity index (χ4v) is 4.63. The second kappa shape index (κ2) is 9.70. The summed E-state index contributed by atoms with van der Waals surface area (Å²) in [5, 5.41) is 12.4. The van der Waals surface area contributed by atoms with E-state index in [0.29, 0.717) is 18.5 Å². The van der Waals surface area contributed by atoms with E-state index >= 15 is 0 Å². The van der Waals surface area contributed by atoms with Crippen LogP contribution in [-0.2, 0) is 16.0 Å². The molecule has 2 aliphatic rings. The highest BCUT2D eigenvalue weighted by Gasteiger charge is 2.39. The second-order valence-corrected chi connectivity index (χ2v) is 8.02. The van der Waals surface area contributed by atoms with Crippen molar-refractivity contribution in [3.05, 3.63) is 35.4 Å². The Balaban J connectivity index is 1.76. The van der Waals surface area contributed by atoms with Crippen molar-refractivity contribution in [3.8, 4) is 6.07 Å². The van der Waals surface area contributed by atoms with Gasteiger partial charge >= 0.3 is 0 Å². The monoisotopic (exact) mass is 382 g/mol. The molecule has 150 valence electrons. The predicted octanol–water partition coefficient (Wildman–Crippen LogP) is 1.97.